The maximum absolute atomic E-state index is 12.1. The van der Waals surface area contributed by atoms with Gasteiger partial charge in [0.25, 0.3) is 0 Å². The van der Waals surface area contributed by atoms with E-state index in [0.717, 1.165) is 11.1 Å². The van der Waals surface area contributed by atoms with Crippen molar-refractivity contribution in [2.45, 2.75) is 49.4 Å². The van der Waals surface area contributed by atoms with Gasteiger partial charge in [-0.3, -0.25) is 9.59 Å². The number of rotatable bonds is 11. The number of pyridine rings is 1. The number of aliphatic hydroxyl groups is 1. The second-order valence-corrected chi connectivity index (χ2v) is 9.90. The third kappa shape index (κ3) is 7.87. The van der Waals surface area contributed by atoms with Crippen LogP contribution >= 0.6 is 11.8 Å². The van der Waals surface area contributed by atoms with E-state index in [0.29, 0.717) is 28.5 Å². The average molecular weight is 553 g/mol. The highest BCUT2D eigenvalue weighted by Crippen LogP contribution is 2.40. The number of benzene rings is 2. The molecule has 0 spiro atoms. The fourth-order valence-corrected chi connectivity index (χ4v) is 5.07. The number of aliphatic carboxylic acids is 1. The van der Waals surface area contributed by atoms with E-state index in [-0.39, 0.29) is 37.2 Å². The van der Waals surface area contributed by atoms with Gasteiger partial charge in [0.2, 0.25) is 5.91 Å². The molecule has 0 unspecified atom stereocenters. The summed E-state index contributed by atoms with van der Waals surface area (Å²) in [5, 5.41) is 30.8. The van der Waals surface area contributed by atoms with Crippen LogP contribution in [0.2, 0.25) is 0 Å². The van der Waals surface area contributed by atoms with Crippen molar-refractivity contribution in [2.75, 3.05) is 11.1 Å². The zero-order valence-corrected chi connectivity index (χ0v) is 21.7. The number of carboxylic acid groups (broad SMARTS) is 2. The quantitative estimate of drug-likeness (QED) is 0.251. The summed E-state index contributed by atoms with van der Waals surface area (Å²) in [6.07, 6.45) is 0.175. The minimum atomic E-state index is -1.06. The first-order valence-corrected chi connectivity index (χ1v) is 13.2. The molecule has 4 N–H and O–H groups in total. The van der Waals surface area contributed by atoms with Crippen LogP contribution in [0, 0.1) is 0 Å². The molecule has 1 aliphatic heterocycles. The maximum atomic E-state index is 12.1. The Morgan fingerprint density at radius 3 is 2.49 bits per heavy atom. The number of amides is 1. The van der Waals surface area contributed by atoms with Gasteiger partial charge in [0.15, 0.2) is 6.29 Å². The van der Waals surface area contributed by atoms with Crippen LogP contribution in [0.25, 0.3) is 0 Å². The second kappa shape index (κ2) is 13.3. The summed E-state index contributed by atoms with van der Waals surface area (Å²) in [6, 6.07) is 17.5. The Morgan fingerprint density at radius 2 is 1.77 bits per heavy atom. The van der Waals surface area contributed by atoms with Gasteiger partial charge in [-0.1, -0.05) is 36.4 Å². The number of aliphatic hydroxyl groups excluding tert-OH is 1. The number of carbonyl (C=O) groups excluding carboxylic acids is 1. The van der Waals surface area contributed by atoms with Gasteiger partial charge in [-0.05, 0) is 35.4 Å². The molecule has 1 aromatic heterocycles. The molecule has 11 heteroatoms. The van der Waals surface area contributed by atoms with Crippen LogP contribution in [0.3, 0.4) is 0 Å². The van der Waals surface area contributed by atoms with Crippen molar-refractivity contribution >= 4 is 35.3 Å². The lowest BCUT2D eigenvalue weighted by atomic mass is 10.0. The lowest BCUT2D eigenvalue weighted by Gasteiger charge is -2.36. The number of anilines is 1. The lowest BCUT2D eigenvalue weighted by Crippen LogP contribution is -2.31. The summed E-state index contributed by atoms with van der Waals surface area (Å²) in [6.45, 7) is -0.0717. The Labute approximate surface area is 229 Å². The smallest absolute Gasteiger partial charge is 0.338 e. The fourth-order valence-electron chi connectivity index (χ4n) is 4.07. The monoisotopic (exact) mass is 552 g/mol. The van der Waals surface area contributed by atoms with E-state index in [9.17, 15) is 24.6 Å². The fraction of sp³-hybridized carbons (Fsp3) is 0.286. The van der Waals surface area contributed by atoms with Crippen molar-refractivity contribution in [2.24, 2.45) is 0 Å². The first kappa shape index (κ1) is 28.2. The molecule has 39 heavy (non-hydrogen) atoms. The molecule has 0 bridgehead atoms. The SMILES string of the molecule is O=C(O)CCC(=O)Nc1cccc([C@H]2O[C@@H](CSc3ncccc3C(=O)O)C[C@@H](c3ccc(CO)cc3)O2)c1. The lowest BCUT2D eigenvalue weighted by molar-refractivity contribution is -0.245. The number of nitrogens with one attached hydrogen (secondary N) is 1. The molecule has 1 fully saturated rings. The van der Waals surface area contributed by atoms with Crippen molar-refractivity contribution in [3.63, 3.8) is 0 Å². The molecule has 2 heterocycles. The number of carboxylic acids is 2. The highest BCUT2D eigenvalue weighted by molar-refractivity contribution is 7.99. The number of aromatic carboxylic acids is 1. The summed E-state index contributed by atoms with van der Waals surface area (Å²) in [7, 11) is 0. The van der Waals surface area contributed by atoms with Crippen LogP contribution in [0.15, 0.2) is 71.9 Å². The molecule has 1 saturated heterocycles. The third-order valence-electron chi connectivity index (χ3n) is 6.03. The molecule has 1 aliphatic rings. The van der Waals surface area contributed by atoms with E-state index in [2.05, 4.69) is 10.3 Å². The largest absolute Gasteiger partial charge is 0.481 e. The molecule has 3 atom stereocenters. The highest BCUT2D eigenvalue weighted by Gasteiger charge is 2.32. The molecule has 10 nitrogen and oxygen atoms in total. The Morgan fingerprint density at radius 1 is 0.974 bits per heavy atom. The van der Waals surface area contributed by atoms with Crippen LogP contribution < -0.4 is 5.32 Å². The van der Waals surface area contributed by atoms with Crippen LogP contribution in [0.5, 0.6) is 0 Å². The van der Waals surface area contributed by atoms with Crippen molar-refractivity contribution in [1.29, 1.82) is 0 Å². The first-order chi connectivity index (χ1) is 18.8. The standard InChI is InChI=1S/C28H28N2O8S/c31-15-17-6-8-18(9-7-17)23-14-21(16-39-26-22(27(35)36)5-2-12-29-26)37-28(38-23)19-3-1-4-20(13-19)30-24(32)10-11-25(33)34/h1-9,12-13,21,23,28,31H,10-11,14-16H2,(H,30,32)(H,33,34)(H,35,36)/t21-,23+,28+/m1/s1. The second-order valence-electron chi connectivity index (χ2n) is 8.89. The van der Waals surface area contributed by atoms with Crippen LogP contribution in [0.1, 0.15) is 58.7 Å². The molecule has 3 aromatic rings. The van der Waals surface area contributed by atoms with Gasteiger partial charge in [0.1, 0.15) is 5.03 Å². The number of aromatic nitrogens is 1. The van der Waals surface area contributed by atoms with Gasteiger partial charge >= 0.3 is 11.9 Å². The van der Waals surface area contributed by atoms with E-state index in [1.54, 1.807) is 36.5 Å². The summed E-state index contributed by atoms with van der Waals surface area (Å²) in [5.41, 5.74) is 2.93. The Balaban J connectivity index is 1.53. The summed E-state index contributed by atoms with van der Waals surface area (Å²) in [4.78, 5) is 38.7. The van der Waals surface area contributed by atoms with Gasteiger partial charge in [0.05, 0.1) is 30.8 Å². The maximum Gasteiger partial charge on any atom is 0.338 e. The molecule has 2 aromatic carbocycles. The number of hydrogen-bond donors (Lipinski definition) is 4. The van der Waals surface area contributed by atoms with E-state index in [1.165, 1.54) is 17.8 Å². The van der Waals surface area contributed by atoms with E-state index < -0.39 is 24.1 Å². The summed E-state index contributed by atoms with van der Waals surface area (Å²) < 4.78 is 12.6. The van der Waals surface area contributed by atoms with Crippen molar-refractivity contribution in [3.8, 4) is 0 Å². The summed E-state index contributed by atoms with van der Waals surface area (Å²) >= 11 is 1.29. The Kier molecular flexibility index (Phi) is 9.66. The van der Waals surface area contributed by atoms with E-state index >= 15 is 0 Å². The zero-order valence-electron chi connectivity index (χ0n) is 20.9. The first-order valence-electron chi connectivity index (χ1n) is 12.3. The topological polar surface area (TPSA) is 155 Å². The molecular formula is C28H28N2O8S. The molecule has 0 aliphatic carbocycles. The number of ether oxygens (including phenoxy) is 2. The van der Waals surface area contributed by atoms with Crippen LogP contribution in [-0.4, -0.2) is 50.0 Å². The molecule has 204 valence electrons. The van der Waals surface area contributed by atoms with Gasteiger partial charge < -0.3 is 30.1 Å². The molecule has 0 radical (unpaired) electrons. The number of thioether (sulfide) groups is 1. The predicted octanol–water partition coefficient (Wildman–Crippen LogP) is 4.41. The zero-order chi connectivity index (χ0) is 27.8. The van der Waals surface area contributed by atoms with Gasteiger partial charge in [-0.25, -0.2) is 9.78 Å². The average Bonchev–Trinajstić information content (AvgIpc) is 2.95. The van der Waals surface area contributed by atoms with Crippen LogP contribution in [0.4, 0.5) is 5.69 Å². The molecule has 1 amide bonds. The minimum absolute atomic E-state index is 0.0717. The normalized spacial score (nSPS) is 18.8. The Hall–Kier alpha value is -3.77. The summed E-state index contributed by atoms with van der Waals surface area (Å²) in [5.74, 6) is -2.10. The van der Waals surface area contributed by atoms with E-state index in [4.69, 9.17) is 14.6 Å². The van der Waals surface area contributed by atoms with Gasteiger partial charge in [0, 0.05) is 36.0 Å². The Bertz CT molecular complexity index is 1320. The van der Waals surface area contributed by atoms with Gasteiger partial charge in [-0.2, -0.15) is 0 Å². The van der Waals surface area contributed by atoms with Gasteiger partial charge in [-0.15, -0.1) is 11.8 Å². The predicted molar refractivity (Wildman–Crippen MR) is 142 cm³/mol. The third-order valence-corrected chi connectivity index (χ3v) is 7.17. The van der Waals surface area contributed by atoms with Crippen molar-refractivity contribution in [1.82, 2.24) is 4.98 Å². The van der Waals surface area contributed by atoms with E-state index in [1.807, 2.05) is 24.3 Å². The van der Waals surface area contributed by atoms with Crippen molar-refractivity contribution < 1.29 is 39.2 Å². The number of hydrogen-bond acceptors (Lipinski definition) is 8. The van der Waals surface area contributed by atoms with Crippen molar-refractivity contribution in [3.05, 3.63) is 89.1 Å². The molecule has 0 saturated carbocycles. The minimum Gasteiger partial charge on any atom is -0.481 e. The molecular weight excluding hydrogens is 524 g/mol. The number of carbonyl (C=O) groups is 3. The molecule has 4 rings (SSSR count). The number of nitrogens with zero attached hydrogens (tertiary/aromatic N) is 1. The van der Waals surface area contributed by atoms with Crippen LogP contribution in [-0.2, 0) is 25.7 Å². The highest BCUT2D eigenvalue weighted by atomic mass is 32.2.